The molecule has 0 saturated heterocycles. The van der Waals surface area contributed by atoms with Crippen molar-refractivity contribution in [3.05, 3.63) is 71.8 Å². The predicted molar refractivity (Wildman–Crippen MR) is 76.3 cm³/mol. The molecule has 1 heterocycles. The Balaban J connectivity index is 2.21. The van der Waals surface area contributed by atoms with Gasteiger partial charge in [-0.15, -0.1) is 0 Å². The molecule has 0 unspecified atom stereocenters. The third-order valence-corrected chi connectivity index (χ3v) is 3.99. The van der Waals surface area contributed by atoms with Crippen molar-refractivity contribution >= 4 is 5.71 Å². The summed E-state index contributed by atoms with van der Waals surface area (Å²) in [5.74, 6) is 0. The SMILES string of the molecule is CC1=NCCC1(c1ccccc1)c1ccccc1. The number of hydrogen-bond acceptors (Lipinski definition) is 1. The summed E-state index contributed by atoms with van der Waals surface area (Å²) >= 11 is 0. The smallest absolute Gasteiger partial charge is 0.0594 e. The van der Waals surface area contributed by atoms with Gasteiger partial charge in [0.2, 0.25) is 0 Å². The number of aliphatic imine (C=N–C) groups is 1. The van der Waals surface area contributed by atoms with E-state index < -0.39 is 0 Å². The van der Waals surface area contributed by atoms with Gasteiger partial charge in [-0.05, 0) is 24.5 Å². The van der Waals surface area contributed by atoms with E-state index >= 15 is 0 Å². The Bertz CT molecular complexity index is 515. The Kier molecular flexibility index (Phi) is 2.75. The van der Waals surface area contributed by atoms with E-state index in [0.29, 0.717) is 0 Å². The van der Waals surface area contributed by atoms with Crippen molar-refractivity contribution in [3.63, 3.8) is 0 Å². The van der Waals surface area contributed by atoms with E-state index in [1.165, 1.54) is 16.8 Å². The molecule has 1 aliphatic heterocycles. The lowest BCUT2D eigenvalue weighted by Gasteiger charge is -2.31. The van der Waals surface area contributed by atoms with Gasteiger partial charge in [-0.3, -0.25) is 4.99 Å². The standard InChI is InChI=1S/C17H17N/c1-14-17(12-13-18-14,15-8-4-2-5-9-15)16-10-6-3-7-11-16/h2-11H,12-13H2,1H3. The minimum Gasteiger partial charge on any atom is -0.293 e. The second-order valence-electron chi connectivity index (χ2n) is 4.85. The summed E-state index contributed by atoms with van der Waals surface area (Å²) in [7, 11) is 0. The zero-order chi connectivity index (χ0) is 12.4. The molecule has 1 aliphatic rings. The lowest BCUT2D eigenvalue weighted by molar-refractivity contribution is 0.669. The maximum absolute atomic E-state index is 4.66. The first kappa shape index (κ1) is 11.2. The molecule has 1 nitrogen and oxygen atoms in total. The molecule has 18 heavy (non-hydrogen) atoms. The van der Waals surface area contributed by atoms with Crippen LogP contribution in [0.5, 0.6) is 0 Å². The molecular formula is C17H17N. The summed E-state index contributed by atoms with van der Waals surface area (Å²) in [5.41, 5.74) is 3.94. The van der Waals surface area contributed by atoms with E-state index in [2.05, 4.69) is 72.6 Å². The van der Waals surface area contributed by atoms with Crippen molar-refractivity contribution in [1.82, 2.24) is 0 Å². The third-order valence-electron chi connectivity index (χ3n) is 3.99. The van der Waals surface area contributed by atoms with Gasteiger partial charge in [-0.1, -0.05) is 60.7 Å². The van der Waals surface area contributed by atoms with Crippen molar-refractivity contribution < 1.29 is 0 Å². The van der Waals surface area contributed by atoms with E-state index in [4.69, 9.17) is 0 Å². The van der Waals surface area contributed by atoms with Crippen molar-refractivity contribution in [1.29, 1.82) is 0 Å². The Labute approximate surface area is 108 Å². The maximum atomic E-state index is 4.66. The molecule has 0 spiro atoms. The van der Waals surface area contributed by atoms with Crippen molar-refractivity contribution in [2.24, 2.45) is 4.99 Å². The van der Waals surface area contributed by atoms with Crippen molar-refractivity contribution in [2.45, 2.75) is 18.8 Å². The molecule has 0 aliphatic carbocycles. The first-order valence-corrected chi connectivity index (χ1v) is 6.46. The molecule has 0 bridgehead atoms. The number of benzene rings is 2. The fourth-order valence-corrected chi connectivity index (χ4v) is 3.03. The third kappa shape index (κ3) is 1.59. The minimum absolute atomic E-state index is 0.0114. The van der Waals surface area contributed by atoms with E-state index in [9.17, 15) is 0 Å². The highest BCUT2D eigenvalue weighted by atomic mass is 14.8. The molecule has 2 aromatic rings. The van der Waals surface area contributed by atoms with Crippen LogP contribution < -0.4 is 0 Å². The molecule has 0 aromatic heterocycles. The van der Waals surface area contributed by atoms with Gasteiger partial charge in [0.1, 0.15) is 0 Å². The molecule has 2 aromatic carbocycles. The number of rotatable bonds is 2. The number of hydrogen-bond donors (Lipinski definition) is 0. The van der Waals surface area contributed by atoms with Crippen LogP contribution in [-0.4, -0.2) is 12.3 Å². The second-order valence-corrected chi connectivity index (χ2v) is 4.85. The second kappa shape index (κ2) is 4.41. The van der Waals surface area contributed by atoms with Crippen LogP contribution in [0.1, 0.15) is 24.5 Å². The van der Waals surface area contributed by atoms with Gasteiger partial charge < -0.3 is 0 Å². The molecule has 0 fully saturated rings. The molecule has 0 amide bonds. The Morgan fingerprint density at radius 2 is 1.33 bits per heavy atom. The van der Waals surface area contributed by atoms with Gasteiger partial charge in [0.05, 0.1) is 5.41 Å². The zero-order valence-electron chi connectivity index (χ0n) is 10.6. The van der Waals surface area contributed by atoms with Gasteiger partial charge in [0.15, 0.2) is 0 Å². The largest absolute Gasteiger partial charge is 0.293 e. The molecule has 0 saturated carbocycles. The molecular weight excluding hydrogens is 218 g/mol. The van der Waals surface area contributed by atoms with Crippen LogP contribution in [0.4, 0.5) is 0 Å². The maximum Gasteiger partial charge on any atom is 0.0594 e. The van der Waals surface area contributed by atoms with Crippen LogP contribution in [0.3, 0.4) is 0 Å². The first-order valence-electron chi connectivity index (χ1n) is 6.46. The van der Waals surface area contributed by atoms with Gasteiger partial charge in [-0.2, -0.15) is 0 Å². The molecule has 1 heteroatoms. The Morgan fingerprint density at radius 3 is 1.72 bits per heavy atom. The van der Waals surface area contributed by atoms with E-state index in [0.717, 1.165) is 13.0 Å². The van der Waals surface area contributed by atoms with Crippen molar-refractivity contribution in [2.75, 3.05) is 6.54 Å². The van der Waals surface area contributed by atoms with Crippen LogP contribution in [0.25, 0.3) is 0 Å². The molecule has 3 rings (SSSR count). The fourth-order valence-electron chi connectivity index (χ4n) is 3.03. The summed E-state index contributed by atoms with van der Waals surface area (Å²) in [4.78, 5) is 4.66. The van der Waals surface area contributed by atoms with Gasteiger partial charge in [-0.25, -0.2) is 0 Å². The summed E-state index contributed by atoms with van der Waals surface area (Å²) in [6.07, 6.45) is 1.08. The Morgan fingerprint density at radius 1 is 0.833 bits per heavy atom. The zero-order valence-corrected chi connectivity index (χ0v) is 10.6. The highest BCUT2D eigenvalue weighted by molar-refractivity contribution is 5.97. The highest BCUT2D eigenvalue weighted by Gasteiger charge is 2.39. The summed E-state index contributed by atoms with van der Waals surface area (Å²) < 4.78 is 0. The van der Waals surface area contributed by atoms with Crippen LogP contribution in [-0.2, 0) is 5.41 Å². The monoisotopic (exact) mass is 235 g/mol. The molecule has 90 valence electrons. The lowest BCUT2D eigenvalue weighted by Crippen LogP contribution is -2.32. The lowest BCUT2D eigenvalue weighted by atomic mass is 9.70. The topological polar surface area (TPSA) is 12.4 Å². The van der Waals surface area contributed by atoms with E-state index in [1.807, 2.05) is 0 Å². The minimum atomic E-state index is -0.0114. The fraction of sp³-hybridized carbons (Fsp3) is 0.235. The highest BCUT2D eigenvalue weighted by Crippen LogP contribution is 2.40. The quantitative estimate of drug-likeness (QED) is 0.750. The molecule has 0 radical (unpaired) electrons. The Hall–Kier alpha value is -1.89. The molecule has 0 N–H and O–H groups in total. The van der Waals surface area contributed by atoms with Gasteiger partial charge >= 0.3 is 0 Å². The summed E-state index contributed by atoms with van der Waals surface area (Å²) in [5, 5.41) is 0. The summed E-state index contributed by atoms with van der Waals surface area (Å²) in [6.45, 7) is 3.09. The number of nitrogens with zero attached hydrogens (tertiary/aromatic N) is 1. The van der Waals surface area contributed by atoms with E-state index in [1.54, 1.807) is 0 Å². The van der Waals surface area contributed by atoms with Gasteiger partial charge in [0, 0.05) is 12.3 Å². The first-order chi connectivity index (χ1) is 8.84. The van der Waals surface area contributed by atoms with Crippen molar-refractivity contribution in [3.8, 4) is 0 Å². The molecule has 0 atom stereocenters. The predicted octanol–water partition coefficient (Wildman–Crippen LogP) is 3.84. The van der Waals surface area contributed by atoms with Gasteiger partial charge in [0.25, 0.3) is 0 Å². The summed E-state index contributed by atoms with van der Waals surface area (Å²) in [6, 6.07) is 21.5. The van der Waals surface area contributed by atoms with E-state index in [-0.39, 0.29) is 5.41 Å². The van der Waals surface area contributed by atoms with Crippen LogP contribution >= 0.6 is 0 Å². The van der Waals surface area contributed by atoms with Crippen LogP contribution in [0, 0.1) is 0 Å². The average molecular weight is 235 g/mol. The van der Waals surface area contributed by atoms with Crippen LogP contribution in [0.15, 0.2) is 65.7 Å². The normalized spacial score (nSPS) is 17.5. The van der Waals surface area contributed by atoms with Crippen LogP contribution in [0.2, 0.25) is 0 Å². The average Bonchev–Trinajstić information content (AvgIpc) is 2.84.